The average Bonchev–Trinajstić information content (AvgIpc) is 2.48. The highest BCUT2D eigenvalue weighted by Gasteiger charge is 2.07. The minimum absolute atomic E-state index is 0.0308. The number of para-hydroxylation sites is 1. The van der Waals surface area contributed by atoms with Crippen LogP contribution in [-0.2, 0) is 4.79 Å². The summed E-state index contributed by atoms with van der Waals surface area (Å²) >= 11 is 1.46. The molecule has 1 amide bonds. The lowest BCUT2D eigenvalue weighted by Crippen LogP contribution is -2.14. The van der Waals surface area contributed by atoms with Gasteiger partial charge in [-0.1, -0.05) is 30.3 Å². The van der Waals surface area contributed by atoms with E-state index < -0.39 is 6.10 Å². The molecule has 0 spiro atoms. The highest BCUT2D eigenvalue weighted by Crippen LogP contribution is 2.22. The third-order valence-corrected chi connectivity index (χ3v) is 4.12. The molecule has 1 atom stereocenters. The molecule has 0 radical (unpaired) electrons. The fraction of sp³-hybridized carbons (Fsp3) is 0.235. The summed E-state index contributed by atoms with van der Waals surface area (Å²) in [6.45, 7) is 3.70. The van der Waals surface area contributed by atoms with Crippen LogP contribution in [0, 0.1) is 6.92 Å². The molecule has 0 aliphatic rings. The lowest BCUT2D eigenvalue weighted by Gasteiger charge is -2.09. The number of carbonyl (C=O) groups is 1. The number of aryl methyl sites for hydroxylation is 1. The van der Waals surface area contributed by atoms with Crippen molar-refractivity contribution < 1.29 is 9.90 Å². The Labute approximate surface area is 129 Å². The van der Waals surface area contributed by atoms with E-state index >= 15 is 0 Å². The van der Waals surface area contributed by atoms with Crippen LogP contribution in [0.1, 0.15) is 24.2 Å². The first-order chi connectivity index (χ1) is 10.1. The van der Waals surface area contributed by atoms with Gasteiger partial charge in [0.25, 0.3) is 0 Å². The number of thioether (sulfide) groups is 1. The molecule has 0 aromatic heterocycles. The molecule has 0 saturated carbocycles. The molecule has 4 heteroatoms. The molecule has 0 fully saturated rings. The zero-order chi connectivity index (χ0) is 15.2. The van der Waals surface area contributed by atoms with Gasteiger partial charge in [-0.2, -0.15) is 0 Å². The zero-order valence-corrected chi connectivity index (χ0v) is 13.0. The van der Waals surface area contributed by atoms with Crippen molar-refractivity contribution in [1.29, 1.82) is 0 Å². The Morgan fingerprint density at radius 3 is 2.71 bits per heavy atom. The number of hydrogen-bond donors (Lipinski definition) is 2. The van der Waals surface area contributed by atoms with Gasteiger partial charge in [0.05, 0.1) is 11.9 Å². The maximum Gasteiger partial charge on any atom is 0.234 e. The van der Waals surface area contributed by atoms with Crippen LogP contribution in [-0.4, -0.2) is 16.8 Å². The molecule has 2 aromatic carbocycles. The molecule has 2 aromatic rings. The summed E-state index contributed by atoms with van der Waals surface area (Å²) in [5.74, 6) is 0.314. The summed E-state index contributed by atoms with van der Waals surface area (Å²) in [5, 5.41) is 12.5. The van der Waals surface area contributed by atoms with Crippen molar-refractivity contribution in [1.82, 2.24) is 0 Å². The number of carbonyl (C=O) groups excluding carboxylic acids is 1. The van der Waals surface area contributed by atoms with Gasteiger partial charge in [-0.15, -0.1) is 11.8 Å². The number of hydrogen-bond acceptors (Lipinski definition) is 3. The molecule has 0 saturated heterocycles. The molecule has 3 nitrogen and oxygen atoms in total. The number of aliphatic hydroxyl groups is 1. The zero-order valence-electron chi connectivity index (χ0n) is 12.2. The summed E-state index contributed by atoms with van der Waals surface area (Å²) in [6, 6.07) is 15.3. The Morgan fingerprint density at radius 2 is 2.00 bits per heavy atom. The first-order valence-corrected chi connectivity index (χ1v) is 7.81. The first-order valence-electron chi connectivity index (χ1n) is 6.82. The van der Waals surface area contributed by atoms with Crippen molar-refractivity contribution in [3.63, 3.8) is 0 Å². The largest absolute Gasteiger partial charge is 0.389 e. The normalized spacial score (nSPS) is 12.0. The van der Waals surface area contributed by atoms with Crippen LogP contribution >= 0.6 is 11.8 Å². The monoisotopic (exact) mass is 301 g/mol. The van der Waals surface area contributed by atoms with Gasteiger partial charge >= 0.3 is 0 Å². The van der Waals surface area contributed by atoms with E-state index in [0.717, 1.165) is 21.7 Å². The van der Waals surface area contributed by atoms with Gasteiger partial charge in [0.15, 0.2) is 0 Å². The number of amides is 1. The van der Waals surface area contributed by atoms with Crippen LogP contribution in [0.25, 0.3) is 0 Å². The standard InChI is InChI=1S/C17H19NO2S/c1-12-6-3-4-9-16(12)18-17(20)11-21-15-8-5-7-14(10-15)13(2)19/h3-10,13,19H,11H2,1-2H3,(H,18,20). The number of benzene rings is 2. The third-order valence-electron chi connectivity index (χ3n) is 3.13. The fourth-order valence-corrected chi connectivity index (χ4v) is 2.68. The van der Waals surface area contributed by atoms with Gasteiger partial charge in [-0.3, -0.25) is 4.79 Å². The van der Waals surface area contributed by atoms with Gasteiger partial charge in [-0.25, -0.2) is 0 Å². The number of rotatable bonds is 5. The van der Waals surface area contributed by atoms with E-state index in [2.05, 4.69) is 5.32 Å². The maximum absolute atomic E-state index is 12.0. The second kappa shape index (κ2) is 7.29. The molecule has 0 aliphatic heterocycles. The Bertz CT molecular complexity index is 626. The third kappa shape index (κ3) is 4.62. The van der Waals surface area contributed by atoms with Crippen LogP contribution in [0.15, 0.2) is 53.4 Å². The van der Waals surface area contributed by atoms with Crippen molar-refractivity contribution in [3.8, 4) is 0 Å². The molecular weight excluding hydrogens is 282 g/mol. The molecule has 21 heavy (non-hydrogen) atoms. The van der Waals surface area contributed by atoms with E-state index in [0.29, 0.717) is 5.75 Å². The Hall–Kier alpha value is -1.78. The summed E-state index contributed by atoms with van der Waals surface area (Å²) in [6.07, 6.45) is -0.494. The van der Waals surface area contributed by atoms with Crippen LogP contribution in [0.5, 0.6) is 0 Å². The molecule has 0 aliphatic carbocycles. The average molecular weight is 301 g/mol. The smallest absolute Gasteiger partial charge is 0.234 e. The Kier molecular flexibility index (Phi) is 5.42. The second-order valence-corrected chi connectivity index (χ2v) is 5.95. The summed E-state index contributed by atoms with van der Waals surface area (Å²) in [5.41, 5.74) is 2.76. The molecule has 2 N–H and O–H groups in total. The quantitative estimate of drug-likeness (QED) is 0.826. The van der Waals surface area contributed by atoms with E-state index in [-0.39, 0.29) is 5.91 Å². The summed E-state index contributed by atoms with van der Waals surface area (Å²) in [4.78, 5) is 13.0. The van der Waals surface area contributed by atoms with E-state index in [9.17, 15) is 9.90 Å². The van der Waals surface area contributed by atoms with Crippen molar-refractivity contribution in [3.05, 3.63) is 59.7 Å². The highest BCUT2D eigenvalue weighted by atomic mass is 32.2. The van der Waals surface area contributed by atoms with Gasteiger partial charge in [-0.05, 0) is 43.2 Å². The Balaban J connectivity index is 1.92. The highest BCUT2D eigenvalue weighted by molar-refractivity contribution is 8.00. The minimum atomic E-state index is -0.494. The number of nitrogens with one attached hydrogen (secondary N) is 1. The molecule has 1 unspecified atom stereocenters. The number of aliphatic hydroxyl groups excluding tert-OH is 1. The number of anilines is 1. The van der Waals surface area contributed by atoms with Gasteiger partial charge < -0.3 is 10.4 Å². The predicted molar refractivity (Wildman–Crippen MR) is 87.6 cm³/mol. The van der Waals surface area contributed by atoms with Gasteiger partial charge in [0.1, 0.15) is 0 Å². The lowest BCUT2D eigenvalue weighted by molar-refractivity contribution is -0.113. The van der Waals surface area contributed by atoms with Crippen LogP contribution in [0.3, 0.4) is 0 Å². The summed E-state index contributed by atoms with van der Waals surface area (Å²) < 4.78 is 0. The van der Waals surface area contributed by atoms with Gasteiger partial charge in [0.2, 0.25) is 5.91 Å². The molecule has 0 bridgehead atoms. The van der Waals surface area contributed by atoms with E-state index in [1.54, 1.807) is 6.92 Å². The van der Waals surface area contributed by atoms with E-state index in [1.165, 1.54) is 11.8 Å². The van der Waals surface area contributed by atoms with E-state index in [4.69, 9.17) is 0 Å². The molecular formula is C17H19NO2S. The predicted octanol–water partition coefficient (Wildman–Crippen LogP) is 3.78. The topological polar surface area (TPSA) is 49.3 Å². The molecule has 2 rings (SSSR count). The lowest BCUT2D eigenvalue weighted by atomic mass is 10.1. The minimum Gasteiger partial charge on any atom is -0.389 e. The van der Waals surface area contributed by atoms with Crippen molar-refractivity contribution in [2.24, 2.45) is 0 Å². The second-order valence-electron chi connectivity index (χ2n) is 4.90. The van der Waals surface area contributed by atoms with Crippen molar-refractivity contribution >= 4 is 23.4 Å². The first kappa shape index (κ1) is 15.6. The van der Waals surface area contributed by atoms with Crippen molar-refractivity contribution in [2.75, 3.05) is 11.1 Å². The maximum atomic E-state index is 12.0. The molecule has 110 valence electrons. The van der Waals surface area contributed by atoms with E-state index in [1.807, 2.05) is 55.5 Å². The molecule has 0 heterocycles. The van der Waals surface area contributed by atoms with Crippen molar-refractivity contribution in [2.45, 2.75) is 24.8 Å². The Morgan fingerprint density at radius 1 is 1.24 bits per heavy atom. The van der Waals surface area contributed by atoms with Crippen LogP contribution < -0.4 is 5.32 Å². The SMILES string of the molecule is Cc1ccccc1NC(=O)CSc1cccc(C(C)O)c1. The van der Waals surface area contributed by atoms with Gasteiger partial charge in [0, 0.05) is 10.6 Å². The fourth-order valence-electron chi connectivity index (χ4n) is 1.91. The van der Waals surface area contributed by atoms with Crippen LogP contribution in [0.4, 0.5) is 5.69 Å². The van der Waals surface area contributed by atoms with Crippen LogP contribution in [0.2, 0.25) is 0 Å². The summed E-state index contributed by atoms with van der Waals surface area (Å²) in [7, 11) is 0.